The third kappa shape index (κ3) is 4.94. The molecule has 0 aromatic carbocycles. The van der Waals surface area contributed by atoms with Crippen molar-refractivity contribution in [2.45, 2.75) is 59.2 Å². The second-order valence-corrected chi connectivity index (χ2v) is 7.32. The van der Waals surface area contributed by atoms with E-state index in [0.717, 1.165) is 31.7 Å². The van der Waals surface area contributed by atoms with Gasteiger partial charge in [-0.15, -0.1) is 11.3 Å². The molecule has 21 heavy (non-hydrogen) atoms. The molecule has 1 N–H and O–H groups in total. The van der Waals surface area contributed by atoms with Crippen LogP contribution in [0.4, 0.5) is 5.13 Å². The number of thiazole rings is 1. The van der Waals surface area contributed by atoms with E-state index >= 15 is 0 Å². The summed E-state index contributed by atoms with van der Waals surface area (Å²) >= 11 is 1.84. The molecule has 1 aliphatic rings. The summed E-state index contributed by atoms with van der Waals surface area (Å²) in [6.45, 7) is 10.4. The number of methoxy groups -OCH3 is 1. The van der Waals surface area contributed by atoms with E-state index in [1.54, 1.807) is 7.11 Å². The summed E-state index contributed by atoms with van der Waals surface area (Å²) in [4.78, 5) is 8.71. The predicted octanol–water partition coefficient (Wildman–Crippen LogP) is 3.41. The normalized spacial score (nSPS) is 14.9. The number of ether oxygens (including phenoxy) is 1. The van der Waals surface area contributed by atoms with Gasteiger partial charge in [-0.2, -0.15) is 0 Å². The van der Waals surface area contributed by atoms with E-state index in [1.165, 1.54) is 22.9 Å². The van der Waals surface area contributed by atoms with E-state index in [9.17, 15) is 0 Å². The van der Waals surface area contributed by atoms with Crippen molar-refractivity contribution in [3.63, 3.8) is 0 Å². The highest BCUT2D eigenvalue weighted by Crippen LogP contribution is 2.36. The fourth-order valence-corrected chi connectivity index (χ4v) is 3.54. The molecule has 1 saturated carbocycles. The molecule has 5 heteroatoms. The van der Waals surface area contributed by atoms with Crippen molar-refractivity contribution in [3.8, 4) is 0 Å². The molecule has 0 aliphatic heterocycles. The Hall–Kier alpha value is -0.650. The molecule has 1 aromatic heterocycles. The fourth-order valence-electron chi connectivity index (χ4n) is 2.42. The molecular formula is C16H29N3OS. The van der Waals surface area contributed by atoms with E-state index in [4.69, 9.17) is 9.72 Å². The molecule has 4 nitrogen and oxygen atoms in total. The number of nitrogens with zero attached hydrogens (tertiary/aromatic N) is 2. The smallest absolute Gasteiger partial charge is 0.186 e. The maximum Gasteiger partial charge on any atom is 0.186 e. The van der Waals surface area contributed by atoms with Crippen LogP contribution >= 0.6 is 11.3 Å². The molecule has 0 bridgehead atoms. The second kappa shape index (κ2) is 8.11. The molecule has 0 atom stereocenters. The molecule has 1 aromatic rings. The Labute approximate surface area is 132 Å². The Morgan fingerprint density at radius 3 is 2.76 bits per heavy atom. The van der Waals surface area contributed by atoms with Gasteiger partial charge < -0.3 is 15.0 Å². The van der Waals surface area contributed by atoms with Gasteiger partial charge in [-0.1, -0.05) is 20.8 Å². The number of anilines is 1. The van der Waals surface area contributed by atoms with Crippen LogP contribution in [0.25, 0.3) is 0 Å². The highest BCUT2D eigenvalue weighted by atomic mass is 32.1. The largest absolute Gasteiger partial charge is 0.378 e. The first-order valence-electron chi connectivity index (χ1n) is 8.10. The average molecular weight is 311 g/mol. The van der Waals surface area contributed by atoms with Crippen molar-refractivity contribution < 1.29 is 4.74 Å². The van der Waals surface area contributed by atoms with Crippen molar-refractivity contribution in [2.75, 3.05) is 25.1 Å². The topological polar surface area (TPSA) is 37.4 Å². The van der Waals surface area contributed by atoms with Crippen LogP contribution in [0.5, 0.6) is 0 Å². The van der Waals surface area contributed by atoms with Gasteiger partial charge in [0.25, 0.3) is 0 Å². The number of hydrogen-bond acceptors (Lipinski definition) is 5. The lowest BCUT2D eigenvalue weighted by molar-refractivity contribution is 0.181. The lowest BCUT2D eigenvalue weighted by Crippen LogP contribution is -2.29. The molecule has 0 spiro atoms. The molecule has 1 fully saturated rings. The van der Waals surface area contributed by atoms with Crippen LogP contribution in [-0.4, -0.2) is 31.2 Å². The quantitative estimate of drug-likeness (QED) is 0.672. The molecule has 1 heterocycles. The van der Waals surface area contributed by atoms with Crippen molar-refractivity contribution in [3.05, 3.63) is 10.6 Å². The summed E-state index contributed by atoms with van der Waals surface area (Å²) < 4.78 is 5.32. The average Bonchev–Trinajstić information content (AvgIpc) is 3.20. The molecule has 0 amide bonds. The van der Waals surface area contributed by atoms with Crippen LogP contribution in [0, 0.1) is 5.92 Å². The van der Waals surface area contributed by atoms with Crippen molar-refractivity contribution in [1.29, 1.82) is 0 Å². The van der Waals surface area contributed by atoms with Gasteiger partial charge in [0.1, 0.15) is 0 Å². The molecular weight excluding hydrogens is 282 g/mol. The SMILES string of the molecule is CCCNCc1sc(N(CC(C)C)C2CC2)nc1COC. The fraction of sp³-hybridized carbons (Fsp3) is 0.812. The van der Waals surface area contributed by atoms with E-state index in [0.29, 0.717) is 18.6 Å². The van der Waals surface area contributed by atoms with E-state index in [1.807, 2.05) is 11.3 Å². The van der Waals surface area contributed by atoms with E-state index in [2.05, 4.69) is 31.0 Å². The van der Waals surface area contributed by atoms with E-state index in [-0.39, 0.29) is 0 Å². The Bertz CT molecular complexity index is 429. The first kappa shape index (κ1) is 16.7. The Morgan fingerprint density at radius 1 is 1.43 bits per heavy atom. The minimum atomic E-state index is 0.611. The monoisotopic (exact) mass is 311 g/mol. The summed E-state index contributed by atoms with van der Waals surface area (Å²) in [5.41, 5.74) is 1.11. The maximum atomic E-state index is 5.32. The highest BCUT2D eigenvalue weighted by Gasteiger charge is 2.31. The Morgan fingerprint density at radius 2 is 2.19 bits per heavy atom. The molecule has 1 aliphatic carbocycles. The zero-order valence-electron chi connectivity index (χ0n) is 13.8. The van der Waals surface area contributed by atoms with Crippen LogP contribution < -0.4 is 10.2 Å². The minimum Gasteiger partial charge on any atom is -0.378 e. The predicted molar refractivity (Wildman–Crippen MR) is 90.0 cm³/mol. The Balaban J connectivity index is 2.11. The van der Waals surface area contributed by atoms with Crippen molar-refractivity contribution >= 4 is 16.5 Å². The molecule has 2 rings (SSSR count). The van der Waals surface area contributed by atoms with Crippen molar-refractivity contribution in [2.24, 2.45) is 5.92 Å². The molecule has 0 radical (unpaired) electrons. The molecule has 120 valence electrons. The summed E-state index contributed by atoms with van der Waals surface area (Å²) in [7, 11) is 1.75. The van der Waals surface area contributed by atoms with Gasteiger partial charge in [0.2, 0.25) is 0 Å². The summed E-state index contributed by atoms with van der Waals surface area (Å²) in [5.74, 6) is 0.669. The summed E-state index contributed by atoms with van der Waals surface area (Å²) in [5, 5.41) is 4.67. The summed E-state index contributed by atoms with van der Waals surface area (Å²) in [6, 6.07) is 0.713. The van der Waals surface area contributed by atoms with Gasteiger partial charge in [-0.05, 0) is 31.7 Å². The van der Waals surface area contributed by atoms with Crippen LogP contribution in [-0.2, 0) is 17.9 Å². The zero-order chi connectivity index (χ0) is 15.2. The Kier molecular flexibility index (Phi) is 6.45. The van der Waals surface area contributed by atoms with Gasteiger partial charge in [0, 0.05) is 31.1 Å². The first-order valence-corrected chi connectivity index (χ1v) is 8.92. The number of nitrogens with one attached hydrogen (secondary N) is 1. The van der Waals surface area contributed by atoms with E-state index < -0.39 is 0 Å². The molecule has 0 unspecified atom stereocenters. The number of hydrogen-bond donors (Lipinski definition) is 1. The van der Waals surface area contributed by atoms with Crippen LogP contribution in [0.3, 0.4) is 0 Å². The number of aromatic nitrogens is 1. The molecule has 0 saturated heterocycles. The van der Waals surface area contributed by atoms with Gasteiger partial charge in [0.05, 0.1) is 12.3 Å². The zero-order valence-corrected chi connectivity index (χ0v) is 14.6. The lowest BCUT2D eigenvalue weighted by Gasteiger charge is -2.23. The van der Waals surface area contributed by atoms with Crippen LogP contribution in [0.2, 0.25) is 0 Å². The minimum absolute atomic E-state index is 0.611. The van der Waals surface area contributed by atoms with Crippen LogP contribution in [0.15, 0.2) is 0 Å². The van der Waals surface area contributed by atoms with Gasteiger partial charge in [-0.25, -0.2) is 4.98 Å². The van der Waals surface area contributed by atoms with Crippen molar-refractivity contribution in [1.82, 2.24) is 10.3 Å². The third-order valence-electron chi connectivity index (χ3n) is 3.56. The third-order valence-corrected chi connectivity index (χ3v) is 4.69. The van der Waals surface area contributed by atoms with Crippen LogP contribution in [0.1, 0.15) is 50.6 Å². The lowest BCUT2D eigenvalue weighted by atomic mass is 10.2. The number of rotatable bonds is 10. The standard InChI is InChI=1S/C16H29N3OS/c1-5-8-17-9-15-14(11-20-4)18-16(21-15)19(10-12(2)3)13-6-7-13/h12-13,17H,5-11H2,1-4H3. The highest BCUT2D eigenvalue weighted by molar-refractivity contribution is 7.15. The second-order valence-electron chi connectivity index (χ2n) is 6.25. The first-order chi connectivity index (χ1) is 10.2. The summed E-state index contributed by atoms with van der Waals surface area (Å²) in [6.07, 6.45) is 3.79. The van der Waals surface area contributed by atoms with Gasteiger partial charge in [-0.3, -0.25) is 0 Å². The van der Waals surface area contributed by atoms with Gasteiger partial charge in [0.15, 0.2) is 5.13 Å². The maximum absolute atomic E-state index is 5.32. The van der Waals surface area contributed by atoms with Gasteiger partial charge >= 0.3 is 0 Å².